The second-order valence-electron chi connectivity index (χ2n) is 7.24. The third-order valence-corrected chi connectivity index (χ3v) is 4.79. The Hall–Kier alpha value is -2.77. The summed E-state index contributed by atoms with van der Waals surface area (Å²) >= 11 is 0. The van der Waals surface area contributed by atoms with Crippen LogP contribution in [0.15, 0.2) is 30.7 Å². The summed E-state index contributed by atoms with van der Waals surface area (Å²) in [6, 6.07) is 4.42. The van der Waals surface area contributed by atoms with Gasteiger partial charge in [0.25, 0.3) is 0 Å². The monoisotopic (exact) mass is 371 g/mol. The molecule has 0 radical (unpaired) electrons. The first kappa shape index (κ1) is 19.0. The van der Waals surface area contributed by atoms with E-state index in [0.717, 1.165) is 49.4 Å². The van der Waals surface area contributed by atoms with E-state index in [1.54, 1.807) is 10.9 Å². The summed E-state index contributed by atoms with van der Waals surface area (Å²) in [5.74, 6) is 0.942. The number of likely N-dealkylation sites (tertiary alicyclic amines) is 1. The first-order valence-electron chi connectivity index (χ1n) is 9.41. The van der Waals surface area contributed by atoms with Gasteiger partial charge < -0.3 is 20.4 Å². The van der Waals surface area contributed by atoms with Crippen molar-refractivity contribution in [3.8, 4) is 0 Å². The van der Waals surface area contributed by atoms with E-state index in [4.69, 9.17) is 0 Å². The van der Waals surface area contributed by atoms with E-state index in [1.165, 1.54) is 0 Å². The zero-order chi connectivity index (χ0) is 19.2. The number of aromatic nitrogens is 3. The number of amides is 2. The van der Waals surface area contributed by atoms with Gasteiger partial charge in [-0.05, 0) is 31.4 Å². The number of pyridine rings is 1. The van der Waals surface area contributed by atoms with Crippen molar-refractivity contribution in [2.45, 2.75) is 31.8 Å². The average molecular weight is 371 g/mol. The standard InChI is InChI=1S/C19H29N7O/c1-24(2)18-7-6-17(13-20-18)23-16-5-4-9-26(10-8-16)19(27)21-11-15-12-22-25(3)14-15/h6-7,12-14,16,23H,4-5,8-11H2,1-3H3,(H,21,27)/t16-/m0/s1. The van der Waals surface area contributed by atoms with Crippen LogP contribution in [-0.4, -0.2) is 58.9 Å². The van der Waals surface area contributed by atoms with Crippen molar-refractivity contribution in [3.63, 3.8) is 0 Å². The van der Waals surface area contributed by atoms with Crippen molar-refractivity contribution in [2.75, 3.05) is 37.4 Å². The lowest BCUT2D eigenvalue weighted by molar-refractivity contribution is 0.199. The zero-order valence-corrected chi connectivity index (χ0v) is 16.4. The van der Waals surface area contributed by atoms with E-state index >= 15 is 0 Å². The number of nitrogens with one attached hydrogen (secondary N) is 2. The topological polar surface area (TPSA) is 78.3 Å². The van der Waals surface area contributed by atoms with Gasteiger partial charge in [-0.1, -0.05) is 0 Å². The van der Waals surface area contributed by atoms with Gasteiger partial charge in [0.05, 0.1) is 18.1 Å². The van der Waals surface area contributed by atoms with Crippen molar-refractivity contribution < 1.29 is 4.79 Å². The minimum Gasteiger partial charge on any atom is -0.381 e. The highest BCUT2D eigenvalue weighted by molar-refractivity contribution is 5.74. The van der Waals surface area contributed by atoms with Gasteiger partial charge in [0, 0.05) is 58.6 Å². The summed E-state index contributed by atoms with van der Waals surface area (Å²) in [6.45, 7) is 2.05. The fourth-order valence-electron chi connectivity index (χ4n) is 3.27. The molecule has 3 heterocycles. The Morgan fingerprint density at radius 2 is 2.11 bits per heavy atom. The van der Waals surface area contributed by atoms with Crippen LogP contribution in [0.3, 0.4) is 0 Å². The summed E-state index contributed by atoms with van der Waals surface area (Å²) in [6.07, 6.45) is 8.52. The molecule has 146 valence electrons. The number of aryl methyl sites for hydroxylation is 1. The molecule has 8 nitrogen and oxygen atoms in total. The second kappa shape index (κ2) is 8.75. The molecule has 27 heavy (non-hydrogen) atoms. The third kappa shape index (κ3) is 5.35. The van der Waals surface area contributed by atoms with Crippen LogP contribution in [0.4, 0.5) is 16.3 Å². The molecule has 8 heteroatoms. The van der Waals surface area contributed by atoms with Gasteiger partial charge in [-0.15, -0.1) is 0 Å². The molecule has 3 rings (SSSR count). The normalized spacial score (nSPS) is 17.3. The Labute approximate surface area is 160 Å². The smallest absolute Gasteiger partial charge is 0.317 e. The van der Waals surface area contributed by atoms with Crippen LogP contribution in [-0.2, 0) is 13.6 Å². The lowest BCUT2D eigenvalue weighted by Crippen LogP contribution is -2.40. The molecule has 0 unspecified atom stereocenters. The van der Waals surface area contributed by atoms with Crippen molar-refractivity contribution >= 4 is 17.5 Å². The fraction of sp³-hybridized carbons (Fsp3) is 0.526. The summed E-state index contributed by atoms with van der Waals surface area (Å²) < 4.78 is 1.74. The molecule has 0 aromatic carbocycles. The van der Waals surface area contributed by atoms with Crippen molar-refractivity contribution in [2.24, 2.45) is 7.05 Å². The van der Waals surface area contributed by atoms with E-state index in [9.17, 15) is 4.79 Å². The Kier molecular flexibility index (Phi) is 6.16. The predicted molar refractivity (Wildman–Crippen MR) is 107 cm³/mol. The predicted octanol–water partition coefficient (Wildman–Crippen LogP) is 2.06. The molecule has 1 aliphatic rings. The zero-order valence-electron chi connectivity index (χ0n) is 16.4. The van der Waals surface area contributed by atoms with Gasteiger partial charge >= 0.3 is 6.03 Å². The molecule has 1 aliphatic heterocycles. The first-order chi connectivity index (χ1) is 13.0. The van der Waals surface area contributed by atoms with Crippen molar-refractivity contribution in [1.82, 2.24) is 25.0 Å². The van der Waals surface area contributed by atoms with Crippen LogP contribution < -0.4 is 15.5 Å². The van der Waals surface area contributed by atoms with E-state index in [-0.39, 0.29) is 6.03 Å². The molecule has 0 saturated carbocycles. The second-order valence-corrected chi connectivity index (χ2v) is 7.24. The molecule has 0 spiro atoms. The van der Waals surface area contributed by atoms with Crippen molar-refractivity contribution in [1.29, 1.82) is 0 Å². The number of rotatable bonds is 5. The number of carbonyl (C=O) groups excluding carboxylic acids is 1. The summed E-state index contributed by atoms with van der Waals surface area (Å²) in [4.78, 5) is 20.8. The lowest BCUT2D eigenvalue weighted by atomic mass is 10.1. The molecule has 2 aromatic rings. The molecule has 2 N–H and O–H groups in total. The Balaban J connectivity index is 1.47. The van der Waals surface area contributed by atoms with Gasteiger partial charge in [0.2, 0.25) is 0 Å². The van der Waals surface area contributed by atoms with Gasteiger partial charge in [-0.25, -0.2) is 9.78 Å². The highest BCUT2D eigenvalue weighted by Gasteiger charge is 2.20. The summed E-state index contributed by atoms with van der Waals surface area (Å²) in [5.41, 5.74) is 2.04. The van der Waals surface area contributed by atoms with Gasteiger partial charge in [0.1, 0.15) is 5.82 Å². The highest BCUT2D eigenvalue weighted by Crippen LogP contribution is 2.18. The molecular weight excluding hydrogens is 342 g/mol. The molecule has 1 fully saturated rings. The van der Waals surface area contributed by atoms with E-state index in [0.29, 0.717) is 12.6 Å². The van der Waals surface area contributed by atoms with Gasteiger partial charge in [0.15, 0.2) is 0 Å². The molecule has 0 aliphatic carbocycles. The van der Waals surface area contributed by atoms with E-state index < -0.39 is 0 Å². The lowest BCUT2D eigenvalue weighted by Gasteiger charge is -2.21. The molecule has 0 bridgehead atoms. The molecule has 1 atom stereocenters. The molecule has 1 saturated heterocycles. The molecule has 2 amide bonds. The minimum absolute atomic E-state index is 0.00324. The maximum atomic E-state index is 12.4. The average Bonchev–Trinajstić information content (AvgIpc) is 2.93. The number of anilines is 2. The summed E-state index contributed by atoms with van der Waals surface area (Å²) in [7, 11) is 5.83. The number of urea groups is 1. The number of nitrogens with zero attached hydrogens (tertiary/aromatic N) is 5. The quantitative estimate of drug-likeness (QED) is 0.841. The Morgan fingerprint density at radius 1 is 1.26 bits per heavy atom. The van der Waals surface area contributed by atoms with Gasteiger partial charge in [-0.3, -0.25) is 4.68 Å². The van der Waals surface area contributed by atoms with E-state index in [1.807, 2.05) is 49.4 Å². The van der Waals surface area contributed by atoms with Crippen LogP contribution >= 0.6 is 0 Å². The third-order valence-electron chi connectivity index (χ3n) is 4.79. The Morgan fingerprint density at radius 3 is 2.78 bits per heavy atom. The maximum Gasteiger partial charge on any atom is 0.317 e. The molecular formula is C19H29N7O. The molecule has 2 aromatic heterocycles. The van der Waals surface area contributed by atoms with Crippen molar-refractivity contribution in [3.05, 3.63) is 36.3 Å². The van der Waals surface area contributed by atoms with E-state index in [2.05, 4.69) is 26.8 Å². The highest BCUT2D eigenvalue weighted by atomic mass is 16.2. The van der Waals surface area contributed by atoms with Crippen LogP contribution in [0, 0.1) is 0 Å². The largest absolute Gasteiger partial charge is 0.381 e. The van der Waals surface area contributed by atoms with Gasteiger partial charge in [-0.2, -0.15) is 5.10 Å². The fourth-order valence-corrected chi connectivity index (χ4v) is 3.27. The Bertz CT molecular complexity index is 741. The minimum atomic E-state index is -0.00324. The van der Waals surface area contributed by atoms with Crippen LogP contribution in [0.1, 0.15) is 24.8 Å². The first-order valence-corrected chi connectivity index (χ1v) is 9.41. The van der Waals surface area contributed by atoms with Crippen LogP contribution in [0.5, 0.6) is 0 Å². The summed E-state index contributed by atoms with van der Waals surface area (Å²) in [5, 5.41) is 10.7. The van der Waals surface area contributed by atoms with Crippen LogP contribution in [0.2, 0.25) is 0 Å². The maximum absolute atomic E-state index is 12.4. The number of hydrogen-bond acceptors (Lipinski definition) is 5. The van der Waals surface area contributed by atoms with Crippen LogP contribution in [0.25, 0.3) is 0 Å². The number of hydrogen-bond donors (Lipinski definition) is 2. The SMILES string of the molecule is CN(C)c1ccc(N[C@H]2CCCN(C(=O)NCc3cnn(C)c3)CC2)cn1. The number of carbonyl (C=O) groups is 1.